The van der Waals surface area contributed by atoms with Crippen LogP contribution in [0.2, 0.25) is 0 Å². The highest BCUT2D eigenvalue weighted by Crippen LogP contribution is 2.14. The molecule has 1 rings (SSSR count). The maximum Gasteiger partial charge on any atom is 0.384 e. The second kappa shape index (κ2) is 5.01. The Hall–Kier alpha value is -2.02. The van der Waals surface area contributed by atoms with Gasteiger partial charge >= 0.3 is 5.97 Å². The minimum Gasteiger partial charge on any atom is -0.497 e. The van der Waals surface area contributed by atoms with Gasteiger partial charge in [-0.25, -0.2) is 9.18 Å². The van der Waals surface area contributed by atoms with Crippen LogP contribution in [0.25, 0.3) is 0 Å². The van der Waals surface area contributed by atoms with E-state index in [1.165, 1.54) is 32.4 Å². The fourth-order valence-electron chi connectivity index (χ4n) is 0.927. The van der Waals surface area contributed by atoms with Crippen LogP contribution in [-0.4, -0.2) is 20.2 Å². The number of methoxy groups -OCH3 is 2. The molecule has 1 aromatic rings. The number of ether oxygens (including phenoxy) is 2. The molecule has 4 heteroatoms. The Kier molecular flexibility index (Phi) is 3.69. The molecule has 0 saturated carbocycles. The molecule has 0 spiro atoms. The van der Waals surface area contributed by atoms with Crippen molar-refractivity contribution < 1.29 is 18.7 Å². The summed E-state index contributed by atoms with van der Waals surface area (Å²) in [6, 6.07) is 3.96. The van der Waals surface area contributed by atoms with Gasteiger partial charge in [0, 0.05) is 17.6 Å². The Labute approximate surface area is 86.8 Å². The summed E-state index contributed by atoms with van der Waals surface area (Å²) < 4.78 is 22.1. The van der Waals surface area contributed by atoms with E-state index >= 15 is 0 Å². The van der Waals surface area contributed by atoms with E-state index in [1.807, 2.05) is 0 Å². The van der Waals surface area contributed by atoms with E-state index in [9.17, 15) is 9.18 Å². The molecule has 0 heterocycles. The highest BCUT2D eigenvalue weighted by molar-refractivity contribution is 5.89. The molecule has 0 radical (unpaired) electrons. The highest BCUT2D eigenvalue weighted by atomic mass is 19.1. The van der Waals surface area contributed by atoms with Crippen molar-refractivity contribution in [2.24, 2.45) is 0 Å². The number of esters is 1. The number of hydrogen-bond donors (Lipinski definition) is 0. The van der Waals surface area contributed by atoms with Crippen molar-refractivity contribution in [3.8, 4) is 17.6 Å². The first-order valence-electron chi connectivity index (χ1n) is 4.10. The zero-order valence-corrected chi connectivity index (χ0v) is 8.33. The van der Waals surface area contributed by atoms with E-state index in [2.05, 4.69) is 16.6 Å². The lowest BCUT2D eigenvalue weighted by Crippen LogP contribution is -1.94. The summed E-state index contributed by atoms with van der Waals surface area (Å²) in [7, 11) is 2.65. The third-order valence-corrected chi connectivity index (χ3v) is 1.60. The number of rotatable bonds is 1. The quantitative estimate of drug-likeness (QED) is 0.516. The number of hydrogen-bond acceptors (Lipinski definition) is 3. The van der Waals surface area contributed by atoms with E-state index in [-0.39, 0.29) is 0 Å². The normalized spacial score (nSPS) is 8.73. The Balaban J connectivity index is 2.98. The lowest BCUT2D eigenvalue weighted by atomic mass is 10.2. The third kappa shape index (κ3) is 3.31. The average Bonchev–Trinajstić information content (AvgIpc) is 2.25. The molecule has 0 amide bonds. The molecule has 0 bridgehead atoms. The Morgan fingerprint density at radius 3 is 2.67 bits per heavy atom. The summed E-state index contributed by atoms with van der Waals surface area (Å²) in [5, 5.41) is 0. The standard InChI is InChI=1S/C11H9FO3/c1-14-10-6-8(5-9(12)7-10)3-4-11(13)15-2/h5-7H,1-2H3. The van der Waals surface area contributed by atoms with Crippen molar-refractivity contribution in [2.75, 3.05) is 14.2 Å². The summed E-state index contributed by atoms with van der Waals surface area (Å²) in [4.78, 5) is 10.7. The molecule has 0 aliphatic carbocycles. The topological polar surface area (TPSA) is 35.5 Å². The third-order valence-electron chi connectivity index (χ3n) is 1.60. The summed E-state index contributed by atoms with van der Waals surface area (Å²) >= 11 is 0. The van der Waals surface area contributed by atoms with Crippen LogP contribution in [0, 0.1) is 17.7 Å². The van der Waals surface area contributed by atoms with Crippen molar-refractivity contribution in [1.29, 1.82) is 0 Å². The van der Waals surface area contributed by atoms with Crippen molar-refractivity contribution in [1.82, 2.24) is 0 Å². The minimum atomic E-state index is -0.668. The second-order valence-corrected chi connectivity index (χ2v) is 2.62. The van der Waals surface area contributed by atoms with Crippen LogP contribution in [-0.2, 0) is 9.53 Å². The maximum atomic E-state index is 13.0. The smallest absolute Gasteiger partial charge is 0.384 e. The van der Waals surface area contributed by atoms with E-state index in [4.69, 9.17) is 4.74 Å². The highest BCUT2D eigenvalue weighted by Gasteiger charge is 1.99. The number of carbonyl (C=O) groups excluding carboxylic acids is 1. The summed E-state index contributed by atoms with van der Waals surface area (Å²) in [5.74, 6) is 3.87. The first kappa shape index (κ1) is 11.1. The summed E-state index contributed by atoms with van der Waals surface area (Å²) in [6.45, 7) is 0. The van der Waals surface area contributed by atoms with Gasteiger partial charge in [0.25, 0.3) is 0 Å². The zero-order valence-electron chi connectivity index (χ0n) is 8.33. The molecule has 0 saturated heterocycles. The molecule has 0 aromatic heterocycles. The predicted molar refractivity (Wildman–Crippen MR) is 51.8 cm³/mol. The largest absolute Gasteiger partial charge is 0.497 e. The second-order valence-electron chi connectivity index (χ2n) is 2.62. The van der Waals surface area contributed by atoms with Gasteiger partial charge in [-0.05, 0) is 12.1 Å². The van der Waals surface area contributed by atoms with Gasteiger partial charge in [-0.3, -0.25) is 0 Å². The lowest BCUT2D eigenvalue weighted by Gasteiger charge is -1.99. The molecule has 1 aromatic carbocycles. The average molecular weight is 208 g/mol. The lowest BCUT2D eigenvalue weighted by molar-refractivity contribution is -0.133. The van der Waals surface area contributed by atoms with Gasteiger partial charge in [-0.1, -0.05) is 5.92 Å². The number of benzene rings is 1. The first-order chi connectivity index (χ1) is 7.15. The van der Waals surface area contributed by atoms with Gasteiger partial charge in [0.15, 0.2) is 0 Å². The molecular weight excluding hydrogens is 199 g/mol. The van der Waals surface area contributed by atoms with E-state index in [0.29, 0.717) is 11.3 Å². The molecule has 0 N–H and O–H groups in total. The van der Waals surface area contributed by atoms with Crippen molar-refractivity contribution in [2.45, 2.75) is 0 Å². The molecule has 0 fully saturated rings. The molecule has 0 unspecified atom stereocenters. The number of carbonyl (C=O) groups is 1. The Morgan fingerprint density at radius 1 is 1.33 bits per heavy atom. The van der Waals surface area contributed by atoms with Crippen molar-refractivity contribution in [3.05, 3.63) is 29.6 Å². The maximum absolute atomic E-state index is 13.0. The van der Waals surface area contributed by atoms with E-state index in [1.54, 1.807) is 0 Å². The summed E-state index contributed by atoms with van der Waals surface area (Å²) in [5.41, 5.74) is 0.359. The number of halogens is 1. The fourth-order valence-corrected chi connectivity index (χ4v) is 0.927. The van der Waals surface area contributed by atoms with Crippen LogP contribution in [0.5, 0.6) is 5.75 Å². The molecule has 0 aliphatic rings. The molecule has 0 aliphatic heterocycles. The summed E-state index contributed by atoms with van der Waals surface area (Å²) in [6.07, 6.45) is 0. The zero-order chi connectivity index (χ0) is 11.3. The van der Waals surface area contributed by atoms with Crippen LogP contribution in [0.3, 0.4) is 0 Å². The fraction of sp³-hybridized carbons (Fsp3) is 0.182. The molecule has 78 valence electrons. The van der Waals surface area contributed by atoms with Gasteiger partial charge in [0.1, 0.15) is 11.6 Å². The van der Waals surface area contributed by atoms with E-state index in [0.717, 1.165) is 0 Å². The Morgan fingerprint density at radius 2 is 2.07 bits per heavy atom. The Bertz CT molecular complexity index is 429. The van der Waals surface area contributed by atoms with E-state index < -0.39 is 11.8 Å². The minimum absolute atomic E-state index is 0.351. The molecular formula is C11H9FO3. The van der Waals surface area contributed by atoms with Gasteiger partial charge in [-0.2, -0.15) is 0 Å². The van der Waals surface area contributed by atoms with Gasteiger partial charge in [0.05, 0.1) is 14.2 Å². The van der Waals surface area contributed by atoms with Crippen LogP contribution in [0.1, 0.15) is 5.56 Å². The van der Waals surface area contributed by atoms with Gasteiger partial charge in [-0.15, -0.1) is 0 Å². The SMILES string of the molecule is COC(=O)C#Cc1cc(F)cc(OC)c1. The van der Waals surface area contributed by atoms with Gasteiger partial charge < -0.3 is 9.47 Å². The van der Waals surface area contributed by atoms with Crippen molar-refractivity contribution in [3.63, 3.8) is 0 Å². The van der Waals surface area contributed by atoms with Crippen molar-refractivity contribution >= 4 is 5.97 Å². The van der Waals surface area contributed by atoms with Crippen LogP contribution in [0.4, 0.5) is 4.39 Å². The molecule has 15 heavy (non-hydrogen) atoms. The van der Waals surface area contributed by atoms with Crippen LogP contribution in [0.15, 0.2) is 18.2 Å². The van der Waals surface area contributed by atoms with Crippen LogP contribution < -0.4 is 4.74 Å². The first-order valence-corrected chi connectivity index (χ1v) is 4.10. The van der Waals surface area contributed by atoms with Crippen LogP contribution >= 0.6 is 0 Å². The molecule has 3 nitrogen and oxygen atoms in total. The monoisotopic (exact) mass is 208 g/mol. The predicted octanol–water partition coefficient (Wildman–Crippen LogP) is 1.36. The van der Waals surface area contributed by atoms with Gasteiger partial charge in [0.2, 0.25) is 0 Å². The molecule has 0 atom stereocenters.